The molecular formula is C17H24N2O2. The van der Waals surface area contributed by atoms with E-state index in [0.29, 0.717) is 6.54 Å². The van der Waals surface area contributed by atoms with Crippen LogP contribution >= 0.6 is 0 Å². The van der Waals surface area contributed by atoms with Gasteiger partial charge in [0.25, 0.3) is 0 Å². The number of carbonyl (C=O) groups is 2. The fourth-order valence-electron chi connectivity index (χ4n) is 2.73. The molecule has 1 heterocycles. The molecule has 2 unspecified atom stereocenters. The molecule has 2 amide bonds. The molecule has 1 N–H and O–H groups in total. The van der Waals surface area contributed by atoms with Crippen molar-refractivity contribution in [2.24, 2.45) is 5.92 Å². The molecule has 114 valence electrons. The minimum atomic E-state index is -0.398. The first-order valence-electron chi connectivity index (χ1n) is 7.57. The first kappa shape index (κ1) is 15.5. The van der Waals surface area contributed by atoms with Crippen molar-refractivity contribution in [2.75, 3.05) is 6.54 Å². The topological polar surface area (TPSA) is 49.4 Å². The summed E-state index contributed by atoms with van der Waals surface area (Å²) < 4.78 is 0. The Hall–Kier alpha value is -1.84. The number of benzene rings is 1. The number of piperazine rings is 1. The summed E-state index contributed by atoms with van der Waals surface area (Å²) in [7, 11) is 0. The molecule has 4 nitrogen and oxygen atoms in total. The Kier molecular flexibility index (Phi) is 4.66. The van der Waals surface area contributed by atoms with Crippen molar-refractivity contribution in [3.63, 3.8) is 0 Å². The number of aryl methyl sites for hydroxylation is 1. The maximum Gasteiger partial charge on any atom is 0.246 e. The van der Waals surface area contributed by atoms with Gasteiger partial charge in [0.15, 0.2) is 0 Å². The van der Waals surface area contributed by atoms with Crippen LogP contribution in [-0.2, 0) is 16.0 Å². The van der Waals surface area contributed by atoms with E-state index in [1.807, 2.05) is 26.0 Å². The summed E-state index contributed by atoms with van der Waals surface area (Å²) in [5.74, 6) is 0.0821. The molecule has 0 radical (unpaired) electrons. The third kappa shape index (κ3) is 3.26. The Balaban J connectivity index is 2.11. The van der Waals surface area contributed by atoms with Crippen LogP contribution in [0.3, 0.4) is 0 Å². The summed E-state index contributed by atoms with van der Waals surface area (Å²) in [5, 5.41) is 2.82. The van der Waals surface area contributed by atoms with Gasteiger partial charge in [-0.25, -0.2) is 0 Å². The van der Waals surface area contributed by atoms with Gasteiger partial charge in [-0.3, -0.25) is 9.59 Å². The lowest BCUT2D eigenvalue weighted by Crippen LogP contribution is -2.64. The molecule has 1 aromatic carbocycles. The van der Waals surface area contributed by atoms with Gasteiger partial charge >= 0.3 is 0 Å². The Bertz CT molecular complexity index is 539. The molecule has 0 bridgehead atoms. The fourth-order valence-corrected chi connectivity index (χ4v) is 2.73. The van der Waals surface area contributed by atoms with E-state index in [0.717, 1.165) is 6.42 Å². The summed E-state index contributed by atoms with van der Waals surface area (Å²) in [6.45, 7) is 8.36. The number of nitrogens with one attached hydrogen (secondary N) is 1. The average molecular weight is 288 g/mol. The molecule has 1 aliphatic rings. The maximum atomic E-state index is 12.5. The Labute approximate surface area is 126 Å². The average Bonchev–Trinajstić information content (AvgIpc) is 2.44. The Morgan fingerprint density at radius 2 is 1.90 bits per heavy atom. The minimum Gasteiger partial charge on any atom is -0.342 e. The normalized spacial score (nSPS) is 22.6. The zero-order valence-electron chi connectivity index (χ0n) is 13.2. The van der Waals surface area contributed by atoms with Gasteiger partial charge in [-0.1, -0.05) is 38.1 Å². The molecule has 1 aliphatic heterocycles. The number of nitrogens with zero attached hydrogens (tertiary/aromatic N) is 1. The monoisotopic (exact) mass is 288 g/mol. The quantitative estimate of drug-likeness (QED) is 0.920. The van der Waals surface area contributed by atoms with Crippen molar-refractivity contribution in [1.29, 1.82) is 0 Å². The molecule has 1 fully saturated rings. The van der Waals surface area contributed by atoms with E-state index in [4.69, 9.17) is 0 Å². The van der Waals surface area contributed by atoms with Crippen LogP contribution in [0.25, 0.3) is 0 Å². The summed E-state index contributed by atoms with van der Waals surface area (Å²) >= 11 is 0. The van der Waals surface area contributed by atoms with E-state index < -0.39 is 12.1 Å². The van der Waals surface area contributed by atoms with E-state index in [2.05, 4.69) is 24.4 Å². The van der Waals surface area contributed by atoms with Crippen molar-refractivity contribution >= 4 is 11.8 Å². The molecule has 1 aromatic rings. The largest absolute Gasteiger partial charge is 0.342 e. The second kappa shape index (κ2) is 6.29. The van der Waals surface area contributed by atoms with E-state index in [-0.39, 0.29) is 17.7 Å². The molecule has 2 atom stereocenters. The molecule has 0 aromatic heterocycles. The second-order valence-electron chi connectivity index (χ2n) is 6.11. The third-order valence-electron chi connectivity index (χ3n) is 4.24. The van der Waals surface area contributed by atoms with Crippen LogP contribution in [0.4, 0.5) is 0 Å². The summed E-state index contributed by atoms with van der Waals surface area (Å²) in [5.41, 5.74) is 2.45. The highest BCUT2D eigenvalue weighted by atomic mass is 16.2. The molecule has 21 heavy (non-hydrogen) atoms. The Morgan fingerprint density at radius 1 is 1.24 bits per heavy atom. The highest BCUT2D eigenvalue weighted by Crippen LogP contribution is 2.17. The minimum absolute atomic E-state index is 0.0330. The number of hydrogen-bond acceptors (Lipinski definition) is 2. The zero-order valence-corrected chi connectivity index (χ0v) is 13.2. The number of carbonyl (C=O) groups excluding carboxylic acids is 2. The Morgan fingerprint density at radius 3 is 2.52 bits per heavy atom. The van der Waals surface area contributed by atoms with Crippen molar-refractivity contribution in [1.82, 2.24) is 10.2 Å². The standard InChI is InChI=1S/C17H24N2O2/c1-11(2)15-17(21)19(13(4)16(20)18-15)10-9-14-8-6-5-7-12(14)3/h5-8,11,13,15H,9-10H2,1-4H3,(H,18,20). The molecule has 1 saturated heterocycles. The molecule has 2 rings (SSSR count). The van der Waals surface area contributed by atoms with Gasteiger partial charge in [-0.05, 0) is 37.3 Å². The van der Waals surface area contributed by atoms with E-state index in [9.17, 15) is 9.59 Å². The van der Waals surface area contributed by atoms with Crippen LogP contribution in [-0.4, -0.2) is 35.3 Å². The molecule has 4 heteroatoms. The number of rotatable bonds is 4. The van der Waals surface area contributed by atoms with Gasteiger partial charge < -0.3 is 10.2 Å². The van der Waals surface area contributed by atoms with Crippen LogP contribution in [0.1, 0.15) is 31.9 Å². The van der Waals surface area contributed by atoms with Crippen molar-refractivity contribution in [3.05, 3.63) is 35.4 Å². The number of amides is 2. The van der Waals surface area contributed by atoms with E-state index >= 15 is 0 Å². The molecule has 0 aliphatic carbocycles. The second-order valence-corrected chi connectivity index (χ2v) is 6.11. The van der Waals surface area contributed by atoms with Crippen LogP contribution in [0, 0.1) is 12.8 Å². The summed E-state index contributed by atoms with van der Waals surface area (Å²) in [6, 6.07) is 7.37. The molecular weight excluding hydrogens is 264 g/mol. The molecule has 0 saturated carbocycles. The predicted molar refractivity (Wildman–Crippen MR) is 82.8 cm³/mol. The molecule has 0 spiro atoms. The smallest absolute Gasteiger partial charge is 0.246 e. The zero-order chi connectivity index (χ0) is 15.6. The summed E-state index contributed by atoms with van der Waals surface area (Å²) in [4.78, 5) is 26.3. The van der Waals surface area contributed by atoms with E-state index in [1.54, 1.807) is 11.8 Å². The van der Waals surface area contributed by atoms with Gasteiger partial charge in [0.1, 0.15) is 12.1 Å². The maximum absolute atomic E-state index is 12.5. The highest BCUT2D eigenvalue weighted by Gasteiger charge is 2.38. The predicted octanol–water partition coefficient (Wildman–Crippen LogP) is 1.91. The summed E-state index contributed by atoms with van der Waals surface area (Å²) in [6.07, 6.45) is 0.779. The van der Waals surface area contributed by atoms with Gasteiger partial charge in [0, 0.05) is 6.54 Å². The third-order valence-corrected chi connectivity index (χ3v) is 4.24. The SMILES string of the molecule is Cc1ccccc1CCN1C(=O)C(C(C)C)NC(=O)C1C. The van der Waals surface area contributed by atoms with Crippen molar-refractivity contribution < 1.29 is 9.59 Å². The van der Waals surface area contributed by atoms with Crippen LogP contribution in [0.2, 0.25) is 0 Å². The van der Waals surface area contributed by atoms with Crippen LogP contribution in [0.5, 0.6) is 0 Å². The van der Waals surface area contributed by atoms with Crippen molar-refractivity contribution in [3.8, 4) is 0 Å². The fraction of sp³-hybridized carbons (Fsp3) is 0.529. The number of hydrogen-bond donors (Lipinski definition) is 1. The van der Waals surface area contributed by atoms with Crippen LogP contribution < -0.4 is 5.32 Å². The van der Waals surface area contributed by atoms with Gasteiger partial charge in [-0.15, -0.1) is 0 Å². The van der Waals surface area contributed by atoms with Gasteiger partial charge in [0.2, 0.25) is 11.8 Å². The lowest BCUT2D eigenvalue weighted by Gasteiger charge is -2.39. The van der Waals surface area contributed by atoms with Crippen LogP contribution in [0.15, 0.2) is 24.3 Å². The van der Waals surface area contributed by atoms with E-state index in [1.165, 1.54) is 11.1 Å². The van der Waals surface area contributed by atoms with Crippen molar-refractivity contribution in [2.45, 2.75) is 46.2 Å². The van der Waals surface area contributed by atoms with Gasteiger partial charge in [-0.2, -0.15) is 0 Å². The highest BCUT2D eigenvalue weighted by molar-refractivity contribution is 5.96. The van der Waals surface area contributed by atoms with Gasteiger partial charge in [0.05, 0.1) is 0 Å². The first-order chi connectivity index (χ1) is 9.91. The first-order valence-corrected chi connectivity index (χ1v) is 7.57. The lowest BCUT2D eigenvalue weighted by molar-refractivity contribution is -0.149. The lowest BCUT2D eigenvalue weighted by atomic mass is 9.97.